The number of hydrogen-bond donors (Lipinski definition) is 0. The van der Waals surface area contributed by atoms with Crippen LogP contribution in [-0.4, -0.2) is 19.0 Å². The standard InChI is InChI=1S/C11H16O2S/c1-3-5-13-6-4-11(12)10-7-9(2)14-8-10/h7-8H,3-6H2,1-2H3. The van der Waals surface area contributed by atoms with Crippen LogP contribution in [-0.2, 0) is 4.74 Å². The third-order valence-corrected chi connectivity index (χ3v) is 2.74. The van der Waals surface area contributed by atoms with Crippen LogP contribution in [0.5, 0.6) is 0 Å². The number of carbonyl (C=O) groups is 1. The smallest absolute Gasteiger partial charge is 0.166 e. The molecule has 0 spiro atoms. The van der Waals surface area contributed by atoms with Gasteiger partial charge in [-0.05, 0) is 19.4 Å². The van der Waals surface area contributed by atoms with E-state index in [0.717, 1.165) is 18.6 Å². The molecule has 0 N–H and O–H groups in total. The number of ether oxygens (including phenoxy) is 1. The lowest BCUT2D eigenvalue weighted by Gasteiger charge is -2.00. The Hall–Kier alpha value is -0.670. The monoisotopic (exact) mass is 212 g/mol. The molecule has 0 radical (unpaired) electrons. The van der Waals surface area contributed by atoms with Crippen LogP contribution in [0.4, 0.5) is 0 Å². The summed E-state index contributed by atoms with van der Waals surface area (Å²) in [4.78, 5) is 12.7. The van der Waals surface area contributed by atoms with E-state index in [1.54, 1.807) is 11.3 Å². The van der Waals surface area contributed by atoms with Crippen LogP contribution in [0, 0.1) is 6.92 Å². The average molecular weight is 212 g/mol. The van der Waals surface area contributed by atoms with Gasteiger partial charge in [0, 0.05) is 28.8 Å². The van der Waals surface area contributed by atoms with E-state index in [0.29, 0.717) is 13.0 Å². The first kappa shape index (κ1) is 11.4. The van der Waals surface area contributed by atoms with Crippen molar-refractivity contribution in [2.24, 2.45) is 0 Å². The summed E-state index contributed by atoms with van der Waals surface area (Å²) in [7, 11) is 0. The first-order valence-electron chi connectivity index (χ1n) is 4.90. The fraction of sp³-hybridized carbons (Fsp3) is 0.545. The maximum atomic E-state index is 11.5. The maximum Gasteiger partial charge on any atom is 0.166 e. The Morgan fingerprint density at radius 1 is 1.50 bits per heavy atom. The molecule has 0 aliphatic carbocycles. The third-order valence-electron chi connectivity index (χ3n) is 1.87. The number of carbonyl (C=O) groups excluding carboxylic acids is 1. The molecule has 3 heteroatoms. The second-order valence-electron chi connectivity index (χ2n) is 3.23. The van der Waals surface area contributed by atoms with Crippen molar-refractivity contribution in [1.29, 1.82) is 0 Å². The first-order chi connectivity index (χ1) is 6.74. The Bertz CT molecular complexity index is 291. The molecule has 0 saturated heterocycles. The zero-order valence-corrected chi connectivity index (χ0v) is 9.52. The molecule has 78 valence electrons. The summed E-state index contributed by atoms with van der Waals surface area (Å²) >= 11 is 1.61. The van der Waals surface area contributed by atoms with E-state index in [4.69, 9.17) is 4.74 Å². The van der Waals surface area contributed by atoms with Crippen molar-refractivity contribution in [2.45, 2.75) is 26.7 Å². The van der Waals surface area contributed by atoms with Gasteiger partial charge in [0.05, 0.1) is 6.61 Å². The van der Waals surface area contributed by atoms with Gasteiger partial charge in [0.2, 0.25) is 0 Å². The number of rotatable bonds is 6. The molecular formula is C11H16O2S. The quantitative estimate of drug-likeness (QED) is 0.535. The molecule has 0 aromatic carbocycles. The van der Waals surface area contributed by atoms with Gasteiger partial charge in [-0.2, -0.15) is 0 Å². The number of Topliss-reactive ketones (excluding diaryl/α,β-unsaturated/α-hetero) is 1. The summed E-state index contributed by atoms with van der Waals surface area (Å²) in [6.45, 7) is 5.36. The molecule has 0 atom stereocenters. The highest BCUT2D eigenvalue weighted by Gasteiger charge is 2.06. The Morgan fingerprint density at radius 3 is 2.86 bits per heavy atom. The Kier molecular flexibility index (Phi) is 4.84. The molecule has 14 heavy (non-hydrogen) atoms. The van der Waals surface area contributed by atoms with Gasteiger partial charge < -0.3 is 4.74 Å². The summed E-state index contributed by atoms with van der Waals surface area (Å²) in [5.41, 5.74) is 0.826. The lowest BCUT2D eigenvalue weighted by molar-refractivity contribution is 0.0879. The Morgan fingerprint density at radius 2 is 2.29 bits per heavy atom. The molecule has 0 fully saturated rings. The van der Waals surface area contributed by atoms with Crippen molar-refractivity contribution in [1.82, 2.24) is 0 Å². The van der Waals surface area contributed by atoms with Gasteiger partial charge in [0.15, 0.2) is 5.78 Å². The zero-order valence-electron chi connectivity index (χ0n) is 8.71. The summed E-state index contributed by atoms with van der Waals surface area (Å²) in [5, 5.41) is 1.91. The minimum atomic E-state index is 0.186. The highest BCUT2D eigenvalue weighted by atomic mass is 32.1. The van der Waals surface area contributed by atoms with Crippen molar-refractivity contribution in [3.8, 4) is 0 Å². The van der Waals surface area contributed by atoms with Gasteiger partial charge >= 0.3 is 0 Å². The van der Waals surface area contributed by atoms with Gasteiger partial charge in [-0.25, -0.2) is 0 Å². The van der Waals surface area contributed by atoms with Crippen molar-refractivity contribution in [2.75, 3.05) is 13.2 Å². The first-order valence-corrected chi connectivity index (χ1v) is 5.78. The molecule has 1 rings (SSSR count). The summed E-state index contributed by atoms with van der Waals surface area (Å²) < 4.78 is 5.26. The molecule has 0 saturated carbocycles. The van der Waals surface area contributed by atoms with Crippen LogP contribution >= 0.6 is 11.3 Å². The van der Waals surface area contributed by atoms with Gasteiger partial charge in [0.25, 0.3) is 0 Å². The number of hydrogen-bond acceptors (Lipinski definition) is 3. The Balaban J connectivity index is 2.29. The van der Waals surface area contributed by atoms with Crippen LogP contribution in [0.1, 0.15) is 35.0 Å². The topological polar surface area (TPSA) is 26.3 Å². The fourth-order valence-electron chi connectivity index (χ4n) is 1.15. The van der Waals surface area contributed by atoms with E-state index in [-0.39, 0.29) is 5.78 Å². The van der Waals surface area contributed by atoms with Crippen molar-refractivity contribution in [3.05, 3.63) is 21.9 Å². The van der Waals surface area contributed by atoms with Crippen molar-refractivity contribution in [3.63, 3.8) is 0 Å². The highest BCUT2D eigenvalue weighted by molar-refractivity contribution is 7.10. The van der Waals surface area contributed by atoms with Gasteiger partial charge in [-0.3, -0.25) is 4.79 Å². The number of thiophene rings is 1. The Labute approximate surface area is 88.9 Å². The molecule has 1 aromatic heterocycles. The molecule has 0 unspecified atom stereocenters. The van der Waals surface area contributed by atoms with Crippen molar-refractivity contribution < 1.29 is 9.53 Å². The molecule has 1 heterocycles. The predicted molar refractivity (Wildman–Crippen MR) is 59.1 cm³/mol. The molecule has 1 aromatic rings. The molecule has 0 bridgehead atoms. The number of ketones is 1. The van der Waals surface area contributed by atoms with Crippen LogP contribution in [0.15, 0.2) is 11.4 Å². The molecule has 0 amide bonds. The van der Waals surface area contributed by atoms with E-state index in [2.05, 4.69) is 6.92 Å². The summed E-state index contributed by atoms with van der Waals surface area (Å²) in [6.07, 6.45) is 1.50. The summed E-state index contributed by atoms with van der Waals surface area (Å²) in [5.74, 6) is 0.186. The minimum Gasteiger partial charge on any atom is -0.381 e. The zero-order chi connectivity index (χ0) is 10.4. The molecule has 0 aliphatic rings. The van der Waals surface area contributed by atoms with Crippen LogP contribution < -0.4 is 0 Å². The average Bonchev–Trinajstić information content (AvgIpc) is 2.59. The van der Waals surface area contributed by atoms with Gasteiger partial charge in [-0.15, -0.1) is 11.3 Å². The van der Waals surface area contributed by atoms with Gasteiger partial charge in [0.1, 0.15) is 0 Å². The SMILES string of the molecule is CCCOCCC(=O)c1csc(C)c1. The predicted octanol–water partition coefficient (Wildman–Crippen LogP) is 3.06. The van der Waals surface area contributed by atoms with Crippen LogP contribution in [0.3, 0.4) is 0 Å². The van der Waals surface area contributed by atoms with Crippen molar-refractivity contribution >= 4 is 17.1 Å². The minimum absolute atomic E-state index is 0.186. The largest absolute Gasteiger partial charge is 0.381 e. The number of aryl methyl sites for hydroxylation is 1. The lowest BCUT2D eigenvalue weighted by atomic mass is 10.1. The second-order valence-corrected chi connectivity index (χ2v) is 4.35. The van der Waals surface area contributed by atoms with Crippen LogP contribution in [0.2, 0.25) is 0 Å². The summed E-state index contributed by atoms with van der Waals surface area (Å²) in [6, 6.07) is 1.94. The molecule has 2 nitrogen and oxygen atoms in total. The lowest BCUT2D eigenvalue weighted by Crippen LogP contribution is -2.04. The second kappa shape index (κ2) is 5.94. The van der Waals surface area contributed by atoms with E-state index < -0.39 is 0 Å². The van der Waals surface area contributed by atoms with Gasteiger partial charge in [-0.1, -0.05) is 6.92 Å². The fourth-order valence-corrected chi connectivity index (χ4v) is 1.85. The molecular weight excluding hydrogens is 196 g/mol. The normalized spacial score (nSPS) is 10.4. The molecule has 0 aliphatic heterocycles. The van der Waals surface area contributed by atoms with E-state index in [1.165, 1.54) is 4.88 Å². The van der Waals surface area contributed by atoms with E-state index >= 15 is 0 Å². The maximum absolute atomic E-state index is 11.5. The van der Waals surface area contributed by atoms with E-state index in [9.17, 15) is 4.79 Å². The van der Waals surface area contributed by atoms with Crippen LogP contribution in [0.25, 0.3) is 0 Å². The highest BCUT2D eigenvalue weighted by Crippen LogP contribution is 2.14. The van der Waals surface area contributed by atoms with E-state index in [1.807, 2.05) is 18.4 Å². The third kappa shape index (κ3) is 3.60.